The zero-order chi connectivity index (χ0) is 24.7. The highest BCUT2D eigenvalue weighted by molar-refractivity contribution is 6.99. The highest BCUT2D eigenvalue weighted by Gasteiger charge is 2.37. The van der Waals surface area contributed by atoms with E-state index in [9.17, 15) is 4.79 Å². The van der Waals surface area contributed by atoms with Crippen molar-refractivity contribution < 1.29 is 14.0 Å². The van der Waals surface area contributed by atoms with Crippen molar-refractivity contribution >= 4 is 24.8 Å². The summed E-state index contributed by atoms with van der Waals surface area (Å²) in [6, 6.07) is 20.9. The number of amides is 1. The Morgan fingerprint density at radius 1 is 0.909 bits per heavy atom. The summed E-state index contributed by atoms with van der Waals surface area (Å²) in [7, 11) is -2.69. The molecule has 3 N–H and O–H groups in total. The van der Waals surface area contributed by atoms with Crippen LogP contribution in [0.4, 0.5) is 4.79 Å². The Hall–Kier alpha value is -2.15. The molecule has 1 amide bonds. The molecule has 0 bridgehead atoms. The van der Waals surface area contributed by atoms with Crippen LogP contribution in [0.5, 0.6) is 0 Å². The van der Waals surface area contributed by atoms with Crippen LogP contribution in [0.15, 0.2) is 60.7 Å². The second kappa shape index (κ2) is 11.3. The van der Waals surface area contributed by atoms with Crippen LogP contribution in [-0.4, -0.2) is 38.7 Å². The van der Waals surface area contributed by atoms with Gasteiger partial charge in [0.2, 0.25) is 0 Å². The van der Waals surface area contributed by atoms with E-state index in [4.69, 9.17) is 14.9 Å². The number of hydrogen-bond acceptors (Lipinski definition) is 4. The fourth-order valence-electron chi connectivity index (χ4n) is 4.12. The number of hydrogen-bond donors (Lipinski definition) is 2. The van der Waals surface area contributed by atoms with Crippen molar-refractivity contribution in [3.05, 3.63) is 60.7 Å². The molecule has 0 spiro atoms. The Balaban J connectivity index is 2.41. The molecule has 6 heteroatoms. The van der Waals surface area contributed by atoms with Crippen LogP contribution in [0.25, 0.3) is 0 Å². The van der Waals surface area contributed by atoms with Gasteiger partial charge in [-0.15, -0.1) is 5.04 Å². The summed E-state index contributed by atoms with van der Waals surface area (Å²) < 4.78 is 12.5. The SMILES string of the molecule is CC(N)CC[C@@H](CO[Si-](c1ccccc1)(c1ccccc1)C(C)(C)C)NC(=O)OC(C)(C)C. The first kappa shape index (κ1) is 27.1. The van der Waals surface area contributed by atoms with E-state index in [1.165, 1.54) is 10.4 Å². The quantitative estimate of drug-likeness (QED) is 0.526. The third-order valence-electron chi connectivity index (χ3n) is 5.61. The van der Waals surface area contributed by atoms with Gasteiger partial charge in [0.1, 0.15) is 5.60 Å². The Morgan fingerprint density at radius 3 is 1.79 bits per heavy atom. The lowest BCUT2D eigenvalue weighted by atomic mass is 10.1. The lowest BCUT2D eigenvalue weighted by Gasteiger charge is -2.56. The molecule has 5 nitrogen and oxygen atoms in total. The molecular weight excluding hydrogens is 428 g/mol. The number of nitrogens with one attached hydrogen (secondary N) is 1. The smallest absolute Gasteiger partial charge is 0.407 e. The van der Waals surface area contributed by atoms with Crippen LogP contribution in [-0.2, 0) is 9.16 Å². The zero-order valence-electron chi connectivity index (χ0n) is 21.4. The maximum Gasteiger partial charge on any atom is 0.407 e. The largest absolute Gasteiger partial charge is 0.556 e. The summed E-state index contributed by atoms with van der Waals surface area (Å²) in [4.78, 5) is 12.6. The number of benzene rings is 2. The topological polar surface area (TPSA) is 73.6 Å². The van der Waals surface area contributed by atoms with E-state index in [-0.39, 0.29) is 17.1 Å². The standard InChI is InChI=1S/C27H42N2O3Si/c1-21(28)18-19-22(29-25(30)32-26(2,3)4)20-31-33(27(5,6)7,23-14-10-8-11-15-23)24-16-12-9-13-17-24/h8-17,21-22H,18-20,28H2,1-7H3,(H,29,30)/q-1/t21?,22-/m0/s1. The maximum atomic E-state index is 12.6. The first-order valence-corrected chi connectivity index (χ1v) is 13.8. The highest BCUT2D eigenvalue weighted by Crippen LogP contribution is 2.36. The summed E-state index contributed by atoms with van der Waals surface area (Å²) >= 11 is 0. The summed E-state index contributed by atoms with van der Waals surface area (Å²) in [6.07, 6.45) is 1.07. The van der Waals surface area contributed by atoms with Crippen molar-refractivity contribution in [1.82, 2.24) is 5.32 Å². The molecule has 0 radical (unpaired) electrons. The summed E-state index contributed by atoms with van der Waals surface area (Å²) in [5.41, 5.74) is 5.47. The van der Waals surface area contributed by atoms with Gasteiger partial charge >= 0.3 is 6.09 Å². The molecule has 0 fully saturated rings. The van der Waals surface area contributed by atoms with Crippen LogP contribution in [0.1, 0.15) is 61.3 Å². The van der Waals surface area contributed by atoms with Crippen molar-refractivity contribution in [3.8, 4) is 0 Å². The highest BCUT2D eigenvalue weighted by atomic mass is 28.4. The molecule has 0 aliphatic heterocycles. The van der Waals surface area contributed by atoms with Crippen molar-refractivity contribution in [2.75, 3.05) is 6.61 Å². The monoisotopic (exact) mass is 470 g/mol. The van der Waals surface area contributed by atoms with Gasteiger partial charge in [-0.3, -0.25) is 0 Å². The molecule has 1 unspecified atom stereocenters. The number of nitrogens with two attached hydrogens (primary N) is 1. The molecule has 2 aromatic rings. The minimum Gasteiger partial charge on any atom is -0.556 e. The van der Waals surface area contributed by atoms with Crippen LogP contribution in [0, 0.1) is 0 Å². The average Bonchev–Trinajstić information content (AvgIpc) is 2.71. The van der Waals surface area contributed by atoms with Gasteiger partial charge in [0.05, 0.1) is 14.4 Å². The van der Waals surface area contributed by atoms with Crippen molar-refractivity contribution in [1.29, 1.82) is 0 Å². The predicted octanol–water partition coefficient (Wildman–Crippen LogP) is 4.58. The molecule has 0 aliphatic carbocycles. The molecular formula is C27H42N2O3Si-. The third-order valence-corrected chi connectivity index (χ3v) is 10.6. The maximum absolute atomic E-state index is 12.6. The van der Waals surface area contributed by atoms with Gasteiger partial charge in [-0.25, -0.2) is 4.79 Å². The van der Waals surface area contributed by atoms with Gasteiger partial charge in [-0.05, 0) is 40.5 Å². The van der Waals surface area contributed by atoms with Crippen LogP contribution in [0.3, 0.4) is 0 Å². The van der Waals surface area contributed by atoms with E-state index in [1.807, 2.05) is 39.8 Å². The second-order valence-corrected chi connectivity index (χ2v) is 15.2. The molecule has 0 saturated carbocycles. The van der Waals surface area contributed by atoms with Gasteiger partial charge in [0.25, 0.3) is 0 Å². The molecule has 0 aliphatic rings. The second-order valence-electron chi connectivity index (χ2n) is 10.9. The van der Waals surface area contributed by atoms with E-state index >= 15 is 0 Å². The number of carbonyl (C=O) groups excluding carboxylic acids is 1. The van der Waals surface area contributed by atoms with Gasteiger partial charge in [-0.2, -0.15) is 10.4 Å². The lowest BCUT2D eigenvalue weighted by Crippen LogP contribution is -2.67. The van der Waals surface area contributed by atoms with E-state index in [0.29, 0.717) is 6.61 Å². The Morgan fingerprint density at radius 2 is 1.39 bits per heavy atom. The van der Waals surface area contributed by atoms with Gasteiger partial charge in [-0.1, -0.05) is 81.4 Å². The Bertz CT molecular complexity index is 819. The molecule has 2 aromatic carbocycles. The normalized spacial score (nSPS) is 14.4. The first-order valence-electron chi connectivity index (χ1n) is 11.9. The summed E-state index contributed by atoms with van der Waals surface area (Å²) in [5.74, 6) is 0. The summed E-state index contributed by atoms with van der Waals surface area (Å²) in [5, 5.41) is 5.33. The predicted molar refractivity (Wildman–Crippen MR) is 140 cm³/mol. The van der Waals surface area contributed by atoms with Crippen molar-refractivity contribution in [3.63, 3.8) is 0 Å². The molecule has 33 heavy (non-hydrogen) atoms. The fraction of sp³-hybridized carbons (Fsp3) is 0.519. The third kappa shape index (κ3) is 7.69. The van der Waals surface area contributed by atoms with Gasteiger partial charge in [0, 0.05) is 12.6 Å². The molecule has 2 rings (SSSR count). The minimum atomic E-state index is -2.69. The van der Waals surface area contributed by atoms with Crippen LogP contribution < -0.4 is 21.4 Å². The fourth-order valence-corrected chi connectivity index (χ4v) is 8.73. The Labute approximate surface area is 201 Å². The minimum absolute atomic E-state index is 0.0424. The van der Waals surface area contributed by atoms with Gasteiger partial charge < -0.3 is 20.2 Å². The molecule has 0 aromatic heterocycles. The molecule has 2 atom stereocenters. The lowest BCUT2D eigenvalue weighted by molar-refractivity contribution is 0.0481. The van der Waals surface area contributed by atoms with E-state index < -0.39 is 20.0 Å². The molecule has 183 valence electrons. The van der Waals surface area contributed by atoms with Crippen LogP contribution >= 0.6 is 0 Å². The van der Waals surface area contributed by atoms with E-state index in [0.717, 1.165) is 12.8 Å². The first-order chi connectivity index (χ1) is 15.3. The van der Waals surface area contributed by atoms with Crippen molar-refractivity contribution in [2.45, 2.75) is 84.0 Å². The van der Waals surface area contributed by atoms with E-state index in [2.05, 4.69) is 74.6 Å². The van der Waals surface area contributed by atoms with E-state index in [1.54, 1.807) is 0 Å². The van der Waals surface area contributed by atoms with Gasteiger partial charge in [0.15, 0.2) is 0 Å². The number of carbonyl (C=O) groups is 1. The Kier molecular flexibility index (Phi) is 9.29. The number of ether oxygens (including phenoxy) is 1. The molecule has 0 saturated heterocycles. The number of rotatable bonds is 9. The molecule has 0 heterocycles. The summed E-state index contributed by atoms with van der Waals surface area (Å²) in [6.45, 7) is 14.7. The van der Waals surface area contributed by atoms with Crippen molar-refractivity contribution in [2.24, 2.45) is 5.73 Å². The average molecular weight is 471 g/mol. The van der Waals surface area contributed by atoms with Crippen LogP contribution in [0.2, 0.25) is 5.04 Å². The zero-order valence-corrected chi connectivity index (χ0v) is 22.4. The number of alkyl carbamates (subject to hydrolysis) is 1.